The van der Waals surface area contributed by atoms with E-state index >= 15 is 0 Å². The molecule has 10 heteroatoms. The van der Waals surface area contributed by atoms with Crippen LogP contribution in [-0.4, -0.2) is 60.4 Å². The predicted octanol–water partition coefficient (Wildman–Crippen LogP) is 5.49. The molecule has 2 fully saturated rings. The first-order valence-corrected chi connectivity index (χ1v) is 14.5. The summed E-state index contributed by atoms with van der Waals surface area (Å²) in [5.41, 5.74) is 8.51. The van der Waals surface area contributed by atoms with Crippen LogP contribution >= 0.6 is 23.2 Å². The molecule has 2 aromatic rings. The lowest BCUT2D eigenvalue weighted by molar-refractivity contribution is -0.134. The molecule has 3 aliphatic rings. The second-order valence-corrected chi connectivity index (χ2v) is 11.4. The fourth-order valence-electron chi connectivity index (χ4n) is 5.61. The number of nitrogens with zero attached hydrogens (tertiary/aromatic N) is 2. The molecular formula is C30H35Cl2FN4O3. The van der Waals surface area contributed by atoms with Crippen LogP contribution in [0.3, 0.4) is 0 Å². The second kappa shape index (κ2) is 12.5. The molecule has 3 aliphatic heterocycles. The molecule has 0 bridgehead atoms. The van der Waals surface area contributed by atoms with E-state index in [2.05, 4.69) is 10.2 Å². The highest BCUT2D eigenvalue weighted by molar-refractivity contribution is 6.36. The predicted molar refractivity (Wildman–Crippen MR) is 155 cm³/mol. The van der Waals surface area contributed by atoms with Crippen molar-refractivity contribution < 1.29 is 18.7 Å². The summed E-state index contributed by atoms with van der Waals surface area (Å²) in [4.78, 5) is 17.4. The molecule has 2 saturated heterocycles. The van der Waals surface area contributed by atoms with Crippen molar-refractivity contribution in [1.82, 2.24) is 15.1 Å². The largest absolute Gasteiger partial charge is 0.484 e. The van der Waals surface area contributed by atoms with Crippen molar-refractivity contribution in [3.05, 3.63) is 81.7 Å². The van der Waals surface area contributed by atoms with E-state index in [-0.39, 0.29) is 17.5 Å². The van der Waals surface area contributed by atoms with Crippen LogP contribution in [0.2, 0.25) is 10.0 Å². The van der Waals surface area contributed by atoms with E-state index in [0.29, 0.717) is 22.4 Å². The van der Waals surface area contributed by atoms with Crippen LogP contribution in [0.1, 0.15) is 49.8 Å². The quantitative estimate of drug-likeness (QED) is 0.298. The monoisotopic (exact) mass is 588 g/mol. The van der Waals surface area contributed by atoms with E-state index in [9.17, 15) is 9.18 Å². The first-order valence-electron chi connectivity index (χ1n) is 13.7. The highest BCUT2D eigenvalue weighted by Gasteiger charge is 2.31. The lowest BCUT2D eigenvalue weighted by Gasteiger charge is -2.33. The SMILES string of the molecule is CC(OC1(N)C=CC(c2ccc(OCC(=O)N3CCC[C@@H]3CN3CCCC3)cc2)=CN1)c1c(Cl)ccc(F)c1Cl. The number of rotatable bonds is 9. The van der Waals surface area contributed by atoms with E-state index in [4.69, 9.17) is 38.4 Å². The lowest BCUT2D eigenvalue weighted by Crippen LogP contribution is -2.53. The summed E-state index contributed by atoms with van der Waals surface area (Å²) in [5, 5.41) is 3.26. The van der Waals surface area contributed by atoms with Crippen LogP contribution < -0.4 is 15.8 Å². The zero-order valence-corrected chi connectivity index (χ0v) is 24.1. The van der Waals surface area contributed by atoms with Gasteiger partial charge in [0.1, 0.15) is 11.6 Å². The Labute approximate surface area is 244 Å². The van der Waals surface area contributed by atoms with E-state index in [1.54, 1.807) is 19.2 Å². The van der Waals surface area contributed by atoms with Gasteiger partial charge in [-0.15, -0.1) is 0 Å². The number of nitrogens with two attached hydrogens (primary N) is 1. The Morgan fingerprint density at radius 1 is 1.15 bits per heavy atom. The highest BCUT2D eigenvalue weighted by atomic mass is 35.5. The summed E-state index contributed by atoms with van der Waals surface area (Å²) < 4.78 is 25.8. The van der Waals surface area contributed by atoms with Gasteiger partial charge in [-0.1, -0.05) is 41.4 Å². The second-order valence-electron chi connectivity index (χ2n) is 10.6. The van der Waals surface area contributed by atoms with Gasteiger partial charge in [0, 0.05) is 35.9 Å². The summed E-state index contributed by atoms with van der Waals surface area (Å²) >= 11 is 12.3. The van der Waals surface area contributed by atoms with E-state index in [1.807, 2.05) is 35.2 Å². The van der Waals surface area contributed by atoms with Crippen molar-refractivity contribution in [2.24, 2.45) is 5.73 Å². The molecule has 0 saturated carbocycles. The Morgan fingerprint density at radius 2 is 1.90 bits per heavy atom. The Balaban J connectivity index is 1.14. The first kappa shape index (κ1) is 28.9. The normalized spacial score (nSPS) is 23.7. The summed E-state index contributed by atoms with van der Waals surface area (Å²) in [6.07, 6.45) is 9.21. The van der Waals surface area contributed by atoms with Crippen molar-refractivity contribution in [2.75, 3.05) is 32.8 Å². The van der Waals surface area contributed by atoms with Gasteiger partial charge >= 0.3 is 0 Å². The van der Waals surface area contributed by atoms with Crippen LogP contribution in [0.5, 0.6) is 5.75 Å². The number of carbonyl (C=O) groups is 1. The maximum atomic E-state index is 14.0. The van der Waals surface area contributed by atoms with Crippen molar-refractivity contribution in [2.45, 2.75) is 50.6 Å². The zero-order valence-electron chi connectivity index (χ0n) is 22.5. The summed E-state index contributed by atoms with van der Waals surface area (Å²) in [6, 6.07) is 10.5. The van der Waals surface area contributed by atoms with Crippen LogP contribution in [-0.2, 0) is 9.53 Å². The fraction of sp³-hybridized carbons (Fsp3) is 0.433. The van der Waals surface area contributed by atoms with Gasteiger partial charge in [0.05, 0.1) is 11.1 Å². The topological polar surface area (TPSA) is 80.1 Å². The number of nitrogens with one attached hydrogen (secondary N) is 1. The number of benzene rings is 2. The van der Waals surface area contributed by atoms with Crippen LogP contribution in [0, 0.1) is 5.82 Å². The van der Waals surface area contributed by atoms with Crippen molar-refractivity contribution in [3.63, 3.8) is 0 Å². The van der Waals surface area contributed by atoms with Gasteiger partial charge in [-0.2, -0.15) is 0 Å². The molecule has 2 unspecified atom stereocenters. The molecule has 214 valence electrons. The minimum absolute atomic E-state index is 0.0323. The molecular weight excluding hydrogens is 554 g/mol. The summed E-state index contributed by atoms with van der Waals surface area (Å²) in [6.45, 7) is 5.79. The van der Waals surface area contributed by atoms with E-state index in [1.165, 1.54) is 25.0 Å². The maximum absolute atomic E-state index is 14.0. The fourth-order valence-corrected chi connectivity index (χ4v) is 6.29. The van der Waals surface area contributed by atoms with Gasteiger partial charge < -0.3 is 24.6 Å². The molecule has 0 spiro atoms. The minimum Gasteiger partial charge on any atom is -0.484 e. The molecule has 0 aromatic heterocycles. The average molecular weight is 590 g/mol. The maximum Gasteiger partial charge on any atom is 0.260 e. The number of halogens is 3. The number of likely N-dealkylation sites (tertiary alicyclic amines) is 2. The molecule has 40 heavy (non-hydrogen) atoms. The van der Waals surface area contributed by atoms with Gasteiger partial charge in [-0.05, 0) is 87.2 Å². The number of dihydropyridines is 1. The molecule has 1 amide bonds. The molecule has 0 aliphatic carbocycles. The molecule has 0 radical (unpaired) electrons. The van der Waals surface area contributed by atoms with Gasteiger partial charge in [-0.3, -0.25) is 10.5 Å². The first-order chi connectivity index (χ1) is 19.2. The smallest absolute Gasteiger partial charge is 0.260 e. The van der Waals surface area contributed by atoms with Crippen molar-refractivity contribution in [1.29, 1.82) is 0 Å². The minimum atomic E-state index is -1.34. The van der Waals surface area contributed by atoms with Gasteiger partial charge in [-0.25, -0.2) is 4.39 Å². The third-order valence-corrected chi connectivity index (χ3v) is 8.45. The Bertz CT molecular complexity index is 1280. The molecule has 2 aromatic carbocycles. The molecule has 3 atom stereocenters. The van der Waals surface area contributed by atoms with E-state index < -0.39 is 17.8 Å². The summed E-state index contributed by atoms with van der Waals surface area (Å²) in [7, 11) is 0. The summed E-state index contributed by atoms with van der Waals surface area (Å²) in [5.74, 6) is -1.24. The zero-order chi connectivity index (χ0) is 28.3. The number of amides is 1. The van der Waals surface area contributed by atoms with Gasteiger partial charge in [0.2, 0.25) is 5.85 Å². The average Bonchev–Trinajstić information content (AvgIpc) is 3.63. The Morgan fingerprint density at radius 3 is 2.60 bits per heavy atom. The third-order valence-electron chi connectivity index (χ3n) is 7.74. The van der Waals surface area contributed by atoms with Gasteiger partial charge in [0.15, 0.2) is 6.61 Å². The Kier molecular flexibility index (Phi) is 9.02. The highest BCUT2D eigenvalue weighted by Crippen LogP contribution is 2.36. The van der Waals surface area contributed by atoms with Crippen LogP contribution in [0.15, 0.2) is 54.8 Å². The van der Waals surface area contributed by atoms with Gasteiger partial charge in [0.25, 0.3) is 5.91 Å². The van der Waals surface area contributed by atoms with Crippen LogP contribution in [0.25, 0.3) is 5.57 Å². The molecule has 7 nitrogen and oxygen atoms in total. The molecule has 3 heterocycles. The number of ether oxygens (including phenoxy) is 2. The number of hydrogen-bond acceptors (Lipinski definition) is 6. The molecule has 3 N–H and O–H groups in total. The van der Waals surface area contributed by atoms with E-state index in [0.717, 1.165) is 50.2 Å². The number of allylic oxidation sites excluding steroid dienone is 2. The lowest BCUT2D eigenvalue weighted by atomic mass is 10.0. The van der Waals surface area contributed by atoms with Crippen LogP contribution in [0.4, 0.5) is 4.39 Å². The van der Waals surface area contributed by atoms with Crippen molar-refractivity contribution in [3.8, 4) is 5.75 Å². The molecule has 5 rings (SSSR count). The standard InChI is InChI=1S/C30H35Cl2FN4O3/c1-20(28-25(31)10-11-26(33)29(28)32)40-30(34)13-12-22(17-35-30)21-6-8-24(9-7-21)39-19-27(38)37-16-4-5-23(37)18-36-14-2-3-15-36/h6-13,17,20,23,35H,2-5,14-16,18-19,34H2,1H3/t20?,23-,30?/m1/s1. The number of hydrogen-bond donors (Lipinski definition) is 2. The third kappa shape index (κ3) is 6.64. The number of carbonyl (C=O) groups excluding carboxylic acids is 1. The van der Waals surface area contributed by atoms with Crippen molar-refractivity contribution >= 4 is 34.7 Å². The Hall–Kier alpha value is -2.62.